The minimum absolute atomic E-state index is 0.00537. The van der Waals surface area contributed by atoms with Crippen molar-refractivity contribution in [3.63, 3.8) is 0 Å². The zero-order valence-corrected chi connectivity index (χ0v) is 10.8. The van der Waals surface area contributed by atoms with Crippen molar-refractivity contribution in [2.75, 3.05) is 0 Å². The maximum Gasteiger partial charge on any atom is 0.0802 e. The number of aliphatic hydroxyl groups is 2. The lowest BCUT2D eigenvalue weighted by Crippen LogP contribution is -2.24. The van der Waals surface area contributed by atoms with Gasteiger partial charge in [0.25, 0.3) is 0 Å². The SMILES string of the molecule is CC(CC(O)C(C)O)c1c(Cl)cccc1Cl. The third kappa shape index (κ3) is 3.36. The van der Waals surface area contributed by atoms with Crippen molar-refractivity contribution in [2.45, 2.75) is 38.4 Å². The summed E-state index contributed by atoms with van der Waals surface area (Å²) in [6.07, 6.45) is -1.08. The van der Waals surface area contributed by atoms with Crippen LogP contribution in [-0.4, -0.2) is 22.4 Å². The summed E-state index contributed by atoms with van der Waals surface area (Å²) in [4.78, 5) is 0. The molecule has 1 aromatic rings. The van der Waals surface area contributed by atoms with E-state index in [1.807, 2.05) is 6.92 Å². The second-order valence-electron chi connectivity index (χ2n) is 4.08. The Bertz CT molecular complexity index is 333. The lowest BCUT2D eigenvalue weighted by molar-refractivity contribution is 0.0227. The van der Waals surface area contributed by atoms with E-state index in [0.717, 1.165) is 5.56 Å². The van der Waals surface area contributed by atoms with E-state index in [1.165, 1.54) is 0 Å². The summed E-state index contributed by atoms with van der Waals surface area (Å²) in [7, 11) is 0. The summed E-state index contributed by atoms with van der Waals surface area (Å²) in [5.41, 5.74) is 0.825. The number of rotatable bonds is 4. The fraction of sp³-hybridized carbons (Fsp3) is 0.500. The third-order valence-electron chi connectivity index (χ3n) is 2.64. The Morgan fingerprint density at radius 2 is 1.62 bits per heavy atom. The molecule has 0 heterocycles. The summed E-state index contributed by atoms with van der Waals surface area (Å²) in [6, 6.07) is 5.33. The summed E-state index contributed by atoms with van der Waals surface area (Å²) in [5, 5.41) is 20.0. The Morgan fingerprint density at radius 1 is 1.12 bits per heavy atom. The molecule has 0 fully saturated rings. The van der Waals surface area contributed by atoms with Crippen molar-refractivity contribution in [2.24, 2.45) is 0 Å². The molecule has 0 spiro atoms. The van der Waals surface area contributed by atoms with Crippen molar-refractivity contribution in [1.29, 1.82) is 0 Å². The molecule has 90 valence electrons. The monoisotopic (exact) mass is 262 g/mol. The molecular formula is C12H16Cl2O2. The summed E-state index contributed by atoms with van der Waals surface area (Å²) in [6.45, 7) is 3.49. The third-order valence-corrected chi connectivity index (χ3v) is 3.30. The van der Waals surface area contributed by atoms with Gasteiger partial charge in [-0.15, -0.1) is 0 Å². The molecule has 2 nitrogen and oxygen atoms in total. The average molecular weight is 263 g/mol. The van der Waals surface area contributed by atoms with E-state index >= 15 is 0 Å². The van der Waals surface area contributed by atoms with Gasteiger partial charge in [-0.2, -0.15) is 0 Å². The lowest BCUT2D eigenvalue weighted by Gasteiger charge is -2.20. The maximum absolute atomic E-state index is 9.60. The number of hydrogen-bond donors (Lipinski definition) is 2. The van der Waals surface area contributed by atoms with Crippen LogP contribution in [0.25, 0.3) is 0 Å². The van der Waals surface area contributed by atoms with E-state index < -0.39 is 12.2 Å². The van der Waals surface area contributed by atoms with Gasteiger partial charge < -0.3 is 10.2 Å². The van der Waals surface area contributed by atoms with Gasteiger partial charge in [0.1, 0.15) is 0 Å². The van der Waals surface area contributed by atoms with Crippen LogP contribution in [0.2, 0.25) is 10.0 Å². The fourth-order valence-electron chi connectivity index (χ4n) is 1.66. The predicted molar refractivity (Wildman–Crippen MR) is 67.2 cm³/mol. The van der Waals surface area contributed by atoms with Crippen LogP contribution in [0.5, 0.6) is 0 Å². The van der Waals surface area contributed by atoms with Crippen molar-refractivity contribution >= 4 is 23.2 Å². The number of aliphatic hydroxyl groups excluding tert-OH is 2. The minimum atomic E-state index is -0.762. The molecule has 0 radical (unpaired) electrons. The zero-order chi connectivity index (χ0) is 12.3. The summed E-state index contributed by atoms with van der Waals surface area (Å²) in [5.74, 6) is 0.00537. The second-order valence-corrected chi connectivity index (χ2v) is 4.89. The van der Waals surface area contributed by atoms with Crippen LogP contribution < -0.4 is 0 Å². The van der Waals surface area contributed by atoms with E-state index in [9.17, 15) is 10.2 Å². The highest BCUT2D eigenvalue weighted by atomic mass is 35.5. The van der Waals surface area contributed by atoms with Gasteiger partial charge in [0.15, 0.2) is 0 Å². The highest BCUT2D eigenvalue weighted by molar-refractivity contribution is 6.36. The largest absolute Gasteiger partial charge is 0.391 e. The second kappa shape index (κ2) is 5.87. The van der Waals surface area contributed by atoms with Gasteiger partial charge in [0.05, 0.1) is 12.2 Å². The van der Waals surface area contributed by atoms with Gasteiger partial charge in [-0.3, -0.25) is 0 Å². The number of halogens is 2. The topological polar surface area (TPSA) is 40.5 Å². The molecular weight excluding hydrogens is 247 g/mol. The van der Waals surface area contributed by atoms with Crippen molar-refractivity contribution in [3.8, 4) is 0 Å². The fourth-order valence-corrected chi connectivity index (χ4v) is 2.43. The molecule has 3 unspecified atom stereocenters. The van der Waals surface area contributed by atoms with Crippen molar-refractivity contribution in [3.05, 3.63) is 33.8 Å². The summed E-state index contributed by atoms with van der Waals surface area (Å²) < 4.78 is 0. The molecule has 0 saturated carbocycles. The van der Waals surface area contributed by atoms with Gasteiger partial charge in [-0.25, -0.2) is 0 Å². The van der Waals surface area contributed by atoms with Gasteiger partial charge in [-0.1, -0.05) is 36.2 Å². The van der Waals surface area contributed by atoms with Crippen molar-refractivity contribution < 1.29 is 10.2 Å². The Hall–Kier alpha value is -0.280. The maximum atomic E-state index is 9.60. The smallest absolute Gasteiger partial charge is 0.0802 e. The molecule has 1 rings (SSSR count). The van der Waals surface area contributed by atoms with Gasteiger partial charge in [-0.05, 0) is 37.0 Å². The molecule has 3 atom stereocenters. The Kier molecular flexibility index (Phi) is 5.06. The predicted octanol–water partition coefficient (Wildman–Crippen LogP) is 3.23. The van der Waals surface area contributed by atoms with Gasteiger partial charge in [0, 0.05) is 10.0 Å². The van der Waals surface area contributed by atoms with E-state index in [1.54, 1.807) is 25.1 Å². The minimum Gasteiger partial charge on any atom is -0.391 e. The van der Waals surface area contributed by atoms with Crippen LogP contribution in [0.3, 0.4) is 0 Å². The summed E-state index contributed by atoms with van der Waals surface area (Å²) >= 11 is 12.1. The molecule has 2 N–H and O–H groups in total. The first-order chi connectivity index (χ1) is 7.43. The Morgan fingerprint density at radius 3 is 2.06 bits per heavy atom. The molecule has 0 aliphatic heterocycles. The normalized spacial score (nSPS) is 16.9. The van der Waals surface area contributed by atoms with Crippen LogP contribution in [0.15, 0.2) is 18.2 Å². The van der Waals surface area contributed by atoms with Crippen LogP contribution >= 0.6 is 23.2 Å². The quantitative estimate of drug-likeness (QED) is 0.875. The first-order valence-corrected chi connectivity index (χ1v) is 5.99. The van der Waals surface area contributed by atoms with E-state index in [4.69, 9.17) is 23.2 Å². The standard InChI is InChI=1S/C12H16Cl2O2/c1-7(6-11(16)8(2)15)12-9(13)4-3-5-10(12)14/h3-5,7-8,11,15-16H,6H2,1-2H3. The highest BCUT2D eigenvalue weighted by Crippen LogP contribution is 2.34. The molecule has 4 heteroatoms. The Balaban J connectivity index is 2.84. The lowest BCUT2D eigenvalue weighted by atomic mass is 9.93. The van der Waals surface area contributed by atoms with Gasteiger partial charge >= 0.3 is 0 Å². The molecule has 16 heavy (non-hydrogen) atoms. The van der Waals surface area contributed by atoms with Crippen LogP contribution in [0.1, 0.15) is 31.7 Å². The van der Waals surface area contributed by atoms with Crippen LogP contribution in [0.4, 0.5) is 0 Å². The van der Waals surface area contributed by atoms with E-state index in [2.05, 4.69) is 0 Å². The first kappa shape index (κ1) is 13.8. The highest BCUT2D eigenvalue weighted by Gasteiger charge is 2.19. The van der Waals surface area contributed by atoms with E-state index in [0.29, 0.717) is 16.5 Å². The zero-order valence-electron chi connectivity index (χ0n) is 9.32. The van der Waals surface area contributed by atoms with Crippen molar-refractivity contribution in [1.82, 2.24) is 0 Å². The first-order valence-electron chi connectivity index (χ1n) is 5.23. The average Bonchev–Trinajstić information content (AvgIpc) is 2.16. The molecule has 0 bridgehead atoms. The molecule has 0 amide bonds. The van der Waals surface area contributed by atoms with Crippen LogP contribution in [-0.2, 0) is 0 Å². The number of hydrogen-bond acceptors (Lipinski definition) is 2. The Labute approximate surface area is 106 Å². The van der Waals surface area contributed by atoms with E-state index in [-0.39, 0.29) is 5.92 Å². The molecule has 0 aliphatic carbocycles. The van der Waals surface area contributed by atoms with Crippen LogP contribution in [0, 0.1) is 0 Å². The molecule has 0 aromatic heterocycles. The molecule has 1 aromatic carbocycles. The number of benzene rings is 1. The van der Waals surface area contributed by atoms with Gasteiger partial charge in [0.2, 0.25) is 0 Å². The molecule has 0 aliphatic rings. The molecule has 0 saturated heterocycles.